The molecule has 0 radical (unpaired) electrons. The van der Waals surface area contributed by atoms with Crippen molar-refractivity contribution in [1.29, 1.82) is 0 Å². The van der Waals surface area contributed by atoms with Gasteiger partial charge in [-0.2, -0.15) is 9.40 Å². The van der Waals surface area contributed by atoms with Crippen LogP contribution in [0.25, 0.3) is 0 Å². The van der Waals surface area contributed by atoms with Crippen LogP contribution in [0.2, 0.25) is 5.02 Å². The van der Waals surface area contributed by atoms with Crippen LogP contribution < -0.4 is 0 Å². The lowest BCUT2D eigenvalue weighted by Gasteiger charge is -2.33. The monoisotopic (exact) mass is 401 g/mol. The third kappa shape index (κ3) is 3.95. The summed E-state index contributed by atoms with van der Waals surface area (Å²) in [5.41, 5.74) is 0. The highest BCUT2D eigenvalue weighted by atomic mass is 35.5. The molecule has 136 valence electrons. The van der Waals surface area contributed by atoms with E-state index in [1.807, 2.05) is 11.5 Å². The van der Waals surface area contributed by atoms with Crippen molar-refractivity contribution >= 4 is 33.8 Å². The average Bonchev–Trinajstić information content (AvgIpc) is 2.95. The Bertz CT molecular complexity index is 901. The highest BCUT2D eigenvalue weighted by Gasteiger charge is 2.28. The molecule has 10 heteroatoms. The second-order valence-electron chi connectivity index (χ2n) is 5.82. The lowest BCUT2D eigenvalue weighted by atomic mass is 10.4. The van der Waals surface area contributed by atoms with Gasteiger partial charge >= 0.3 is 0 Å². The number of rotatable bonds is 5. The fourth-order valence-electron chi connectivity index (χ4n) is 2.76. The molecule has 2 aromatic rings. The smallest absolute Gasteiger partial charge is 0.243 e. The summed E-state index contributed by atoms with van der Waals surface area (Å²) < 4.78 is 31.3. The van der Waals surface area contributed by atoms with Crippen molar-refractivity contribution in [1.82, 2.24) is 23.6 Å². The Kier molecular flexibility index (Phi) is 5.59. The van der Waals surface area contributed by atoms with E-state index in [4.69, 9.17) is 23.8 Å². The number of aromatic nitrogens is 3. The Morgan fingerprint density at radius 2 is 1.96 bits per heavy atom. The van der Waals surface area contributed by atoms with Crippen LogP contribution in [0.1, 0.15) is 6.92 Å². The first-order chi connectivity index (χ1) is 11.9. The fourth-order valence-corrected chi connectivity index (χ4v) is 4.77. The minimum atomic E-state index is -3.51. The van der Waals surface area contributed by atoms with Gasteiger partial charge in [-0.1, -0.05) is 17.7 Å². The quantitative estimate of drug-likeness (QED) is 0.717. The molecule has 0 saturated carbocycles. The lowest BCUT2D eigenvalue weighted by molar-refractivity contribution is 0.144. The molecule has 2 heterocycles. The molecule has 0 unspecified atom stereocenters. The third-order valence-electron chi connectivity index (χ3n) is 4.24. The third-order valence-corrected chi connectivity index (χ3v) is 6.81. The van der Waals surface area contributed by atoms with Gasteiger partial charge in [0.05, 0.1) is 11.6 Å². The van der Waals surface area contributed by atoms with Crippen molar-refractivity contribution in [3.8, 4) is 0 Å². The largest absolute Gasteiger partial charge is 0.307 e. The van der Waals surface area contributed by atoms with Crippen LogP contribution in [0.3, 0.4) is 0 Å². The molecule has 1 aromatic heterocycles. The Labute approximate surface area is 157 Å². The molecule has 0 N–H and O–H groups in total. The molecule has 1 fully saturated rings. The zero-order chi connectivity index (χ0) is 18.0. The molecule has 0 atom stereocenters. The molecule has 0 aliphatic carbocycles. The molecule has 1 aromatic carbocycles. The molecule has 0 spiro atoms. The van der Waals surface area contributed by atoms with E-state index in [2.05, 4.69) is 10.00 Å². The molecule has 0 bridgehead atoms. The van der Waals surface area contributed by atoms with Gasteiger partial charge in [0, 0.05) is 37.7 Å². The number of hydrogen-bond acceptors (Lipinski definition) is 5. The normalized spacial score (nSPS) is 17.0. The second kappa shape index (κ2) is 7.55. The number of nitrogens with zero attached hydrogens (tertiary/aromatic N) is 5. The van der Waals surface area contributed by atoms with Gasteiger partial charge in [-0.3, -0.25) is 4.90 Å². The molecule has 1 aliphatic rings. The van der Waals surface area contributed by atoms with Crippen LogP contribution in [0.4, 0.5) is 0 Å². The van der Waals surface area contributed by atoms with Crippen LogP contribution in [-0.2, 0) is 23.2 Å². The van der Waals surface area contributed by atoms with E-state index in [-0.39, 0.29) is 4.90 Å². The summed E-state index contributed by atoms with van der Waals surface area (Å²) in [6, 6.07) is 6.37. The number of hydrogen-bond donors (Lipinski definition) is 0. The summed E-state index contributed by atoms with van der Waals surface area (Å²) in [6.45, 7) is 5.47. The Balaban J connectivity index is 1.65. The van der Waals surface area contributed by atoms with Gasteiger partial charge in [0.25, 0.3) is 0 Å². The van der Waals surface area contributed by atoms with Gasteiger partial charge in [0.1, 0.15) is 6.33 Å². The molecular weight excluding hydrogens is 382 g/mol. The van der Waals surface area contributed by atoms with Crippen molar-refractivity contribution in [2.24, 2.45) is 0 Å². The highest BCUT2D eigenvalue weighted by molar-refractivity contribution is 7.89. The zero-order valence-electron chi connectivity index (χ0n) is 13.9. The predicted molar refractivity (Wildman–Crippen MR) is 98.5 cm³/mol. The average molecular weight is 402 g/mol. The van der Waals surface area contributed by atoms with Crippen molar-refractivity contribution < 1.29 is 8.42 Å². The van der Waals surface area contributed by atoms with E-state index in [1.54, 1.807) is 29.2 Å². The zero-order valence-corrected chi connectivity index (χ0v) is 16.3. The highest BCUT2D eigenvalue weighted by Crippen LogP contribution is 2.21. The van der Waals surface area contributed by atoms with E-state index in [0.717, 1.165) is 6.54 Å². The predicted octanol–water partition coefficient (Wildman–Crippen LogP) is 2.05. The molecule has 7 nitrogen and oxygen atoms in total. The molecule has 3 rings (SSSR count). The number of piperazine rings is 1. The van der Waals surface area contributed by atoms with Crippen molar-refractivity contribution in [2.45, 2.75) is 25.0 Å². The standard InChI is InChI=1S/C15H20ClN5O2S2/c1-2-19-11-17-21(15(19)24)12-18-6-8-20(9-7-18)25(22,23)14-5-3-4-13(16)10-14/h3-5,10-11H,2,6-9,12H2,1H3. The Morgan fingerprint density at radius 1 is 1.24 bits per heavy atom. The van der Waals surface area contributed by atoms with E-state index in [0.29, 0.717) is 42.6 Å². The Morgan fingerprint density at radius 3 is 2.56 bits per heavy atom. The number of benzene rings is 1. The van der Waals surface area contributed by atoms with E-state index in [1.165, 1.54) is 10.4 Å². The van der Waals surface area contributed by atoms with Gasteiger partial charge in [-0.15, -0.1) is 0 Å². The number of halogens is 1. The molecule has 25 heavy (non-hydrogen) atoms. The molecular formula is C15H20ClN5O2S2. The maximum absolute atomic E-state index is 12.7. The maximum Gasteiger partial charge on any atom is 0.243 e. The van der Waals surface area contributed by atoms with Gasteiger partial charge in [0.2, 0.25) is 10.0 Å². The van der Waals surface area contributed by atoms with Crippen LogP contribution in [0.15, 0.2) is 35.5 Å². The molecule has 1 aliphatic heterocycles. The summed E-state index contributed by atoms with van der Waals surface area (Å²) in [5.74, 6) is 0. The fraction of sp³-hybridized carbons (Fsp3) is 0.467. The SMILES string of the molecule is CCn1cnn(CN2CCN(S(=O)(=O)c3cccc(Cl)c3)CC2)c1=S. The first-order valence-electron chi connectivity index (χ1n) is 8.02. The lowest BCUT2D eigenvalue weighted by Crippen LogP contribution is -2.48. The first kappa shape index (κ1) is 18.5. The molecule has 0 amide bonds. The van der Waals surface area contributed by atoms with E-state index >= 15 is 0 Å². The van der Waals surface area contributed by atoms with E-state index < -0.39 is 10.0 Å². The van der Waals surface area contributed by atoms with Crippen LogP contribution in [0, 0.1) is 4.77 Å². The summed E-state index contributed by atoms with van der Waals surface area (Å²) in [4.78, 5) is 2.38. The minimum absolute atomic E-state index is 0.234. The minimum Gasteiger partial charge on any atom is -0.307 e. The van der Waals surface area contributed by atoms with Gasteiger partial charge in [-0.05, 0) is 37.3 Å². The van der Waals surface area contributed by atoms with Crippen LogP contribution in [0.5, 0.6) is 0 Å². The Hall–Kier alpha value is -1.26. The van der Waals surface area contributed by atoms with Gasteiger partial charge in [0.15, 0.2) is 4.77 Å². The van der Waals surface area contributed by atoms with E-state index in [9.17, 15) is 8.42 Å². The van der Waals surface area contributed by atoms with Crippen molar-refractivity contribution in [3.63, 3.8) is 0 Å². The number of aryl methyl sites for hydroxylation is 1. The first-order valence-corrected chi connectivity index (χ1v) is 10.2. The summed E-state index contributed by atoms with van der Waals surface area (Å²) >= 11 is 11.3. The number of sulfonamides is 1. The van der Waals surface area contributed by atoms with Gasteiger partial charge < -0.3 is 4.57 Å². The second-order valence-corrected chi connectivity index (χ2v) is 8.56. The molecule has 1 saturated heterocycles. The van der Waals surface area contributed by atoms with Crippen LogP contribution >= 0.6 is 23.8 Å². The van der Waals surface area contributed by atoms with Gasteiger partial charge in [-0.25, -0.2) is 13.1 Å². The van der Waals surface area contributed by atoms with Crippen molar-refractivity contribution in [3.05, 3.63) is 40.4 Å². The summed E-state index contributed by atoms with van der Waals surface area (Å²) in [6.07, 6.45) is 1.72. The van der Waals surface area contributed by atoms with Crippen LogP contribution in [-0.4, -0.2) is 58.1 Å². The summed E-state index contributed by atoms with van der Waals surface area (Å²) in [7, 11) is -3.51. The topological polar surface area (TPSA) is 63.4 Å². The summed E-state index contributed by atoms with van der Waals surface area (Å²) in [5, 5.41) is 4.71. The maximum atomic E-state index is 12.7. The van der Waals surface area contributed by atoms with Crippen molar-refractivity contribution in [2.75, 3.05) is 26.2 Å².